The predicted molar refractivity (Wildman–Crippen MR) is 144 cm³/mol. The minimum atomic E-state index is 0.452. The van der Waals surface area contributed by atoms with Gasteiger partial charge in [-0.05, 0) is 57.5 Å². The van der Waals surface area contributed by atoms with Crippen LogP contribution < -0.4 is 5.73 Å². The first-order chi connectivity index (χ1) is 16.2. The highest BCUT2D eigenvalue weighted by atomic mass is 16.3. The van der Waals surface area contributed by atoms with Crippen molar-refractivity contribution in [2.24, 2.45) is 0 Å². The Hall–Kier alpha value is -3.26. The lowest BCUT2D eigenvalue weighted by Gasteiger charge is -2.11. The predicted octanol–water partition coefficient (Wildman–Crippen LogP) is 8.85. The second-order valence-corrected chi connectivity index (χ2v) is 9.01. The first kappa shape index (κ1) is 22.9. The van der Waals surface area contributed by atoms with Crippen molar-refractivity contribution in [2.75, 3.05) is 5.73 Å². The van der Waals surface area contributed by atoms with Crippen LogP contribution in [0.3, 0.4) is 0 Å². The van der Waals surface area contributed by atoms with Gasteiger partial charge in [0.1, 0.15) is 5.75 Å². The summed E-state index contributed by atoms with van der Waals surface area (Å²) in [7, 11) is 0. The van der Waals surface area contributed by atoms with E-state index in [0.29, 0.717) is 5.75 Å². The van der Waals surface area contributed by atoms with Crippen molar-refractivity contribution < 1.29 is 5.11 Å². The maximum Gasteiger partial charge on any atom is 0.118 e. The number of para-hydroxylation sites is 1. The molecule has 0 saturated heterocycles. The van der Waals surface area contributed by atoms with Gasteiger partial charge in [-0.1, -0.05) is 112 Å². The zero-order valence-electron chi connectivity index (χ0n) is 19.7. The Kier molecular flexibility index (Phi) is 7.67. The lowest BCUT2D eigenvalue weighted by molar-refractivity contribution is 0.466. The molecule has 0 aromatic heterocycles. The maximum absolute atomic E-state index is 9.58. The average molecular weight is 438 g/mol. The first-order valence-electron chi connectivity index (χ1n) is 12.4. The summed E-state index contributed by atoms with van der Waals surface area (Å²) in [6, 6.07) is 26.8. The van der Waals surface area contributed by atoms with E-state index < -0.39 is 0 Å². The maximum atomic E-state index is 9.58. The third kappa shape index (κ3) is 5.39. The summed E-state index contributed by atoms with van der Waals surface area (Å²) in [4.78, 5) is 0. The lowest BCUT2D eigenvalue weighted by Crippen LogP contribution is -1.89. The molecule has 5 aromatic rings. The Morgan fingerprint density at radius 3 is 1.94 bits per heavy atom. The Morgan fingerprint density at radius 2 is 1.21 bits per heavy atom. The van der Waals surface area contributed by atoms with E-state index in [4.69, 9.17) is 5.73 Å². The van der Waals surface area contributed by atoms with Gasteiger partial charge in [0.25, 0.3) is 0 Å². The Balaban J connectivity index is 0.000000158. The van der Waals surface area contributed by atoms with Gasteiger partial charge in [-0.15, -0.1) is 0 Å². The highest BCUT2D eigenvalue weighted by Crippen LogP contribution is 2.36. The molecule has 0 saturated carbocycles. The number of nitrogen functional groups attached to an aromatic ring is 1. The molecular weight excluding hydrogens is 402 g/mol. The van der Waals surface area contributed by atoms with Crippen LogP contribution in [0.15, 0.2) is 78.9 Å². The van der Waals surface area contributed by atoms with Crippen LogP contribution in [0.5, 0.6) is 5.75 Å². The van der Waals surface area contributed by atoms with Gasteiger partial charge in [-0.2, -0.15) is 0 Å². The smallest absolute Gasteiger partial charge is 0.118 e. The van der Waals surface area contributed by atoms with Crippen molar-refractivity contribution in [3.8, 4) is 5.75 Å². The van der Waals surface area contributed by atoms with Gasteiger partial charge in [0.05, 0.1) is 0 Å². The van der Waals surface area contributed by atoms with Gasteiger partial charge in [0.15, 0.2) is 0 Å². The molecule has 0 fully saturated rings. The van der Waals surface area contributed by atoms with E-state index in [0.717, 1.165) is 23.1 Å². The molecule has 0 radical (unpaired) electrons. The number of benzene rings is 5. The summed E-state index contributed by atoms with van der Waals surface area (Å²) in [6.07, 6.45) is 10.3. The molecule has 0 spiro atoms. The molecular formula is C31H35NO. The molecule has 0 aliphatic heterocycles. The highest BCUT2D eigenvalue weighted by Gasteiger charge is 2.08. The number of phenolic OH excluding ortho intramolecular Hbond substituents is 1. The van der Waals surface area contributed by atoms with E-state index in [1.54, 1.807) is 6.07 Å². The molecule has 5 aromatic carbocycles. The number of phenols is 1. The number of rotatable bonds is 8. The first-order valence-corrected chi connectivity index (χ1v) is 12.4. The van der Waals surface area contributed by atoms with E-state index in [-0.39, 0.29) is 0 Å². The SMILES string of the molecule is CCCCCCCCCc1ccccc1O.Nc1ccc2ccc3cccc4ccc1c2c34. The van der Waals surface area contributed by atoms with Crippen LogP contribution in [-0.4, -0.2) is 5.11 Å². The van der Waals surface area contributed by atoms with Crippen molar-refractivity contribution in [3.63, 3.8) is 0 Å². The molecule has 0 bridgehead atoms. The van der Waals surface area contributed by atoms with E-state index in [1.807, 2.05) is 24.3 Å². The third-order valence-corrected chi connectivity index (χ3v) is 6.60. The molecule has 33 heavy (non-hydrogen) atoms. The fourth-order valence-electron chi connectivity index (χ4n) is 4.75. The normalized spacial score (nSPS) is 11.2. The summed E-state index contributed by atoms with van der Waals surface area (Å²) in [5.41, 5.74) is 8.02. The highest BCUT2D eigenvalue weighted by molar-refractivity contribution is 6.24. The summed E-state index contributed by atoms with van der Waals surface area (Å²) >= 11 is 0. The van der Waals surface area contributed by atoms with E-state index in [1.165, 1.54) is 71.9 Å². The van der Waals surface area contributed by atoms with Gasteiger partial charge in [0.2, 0.25) is 0 Å². The minimum absolute atomic E-state index is 0.452. The number of aryl methyl sites for hydroxylation is 1. The van der Waals surface area contributed by atoms with Crippen LogP contribution in [0, 0.1) is 0 Å². The second-order valence-electron chi connectivity index (χ2n) is 9.01. The zero-order chi connectivity index (χ0) is 23.0. The van der Waals surface area contributed by atoms with Gasteiger partial charge in [-0.3, -0.25) is 0 Å². The Morgan fingerprint density at radius 1 is 0.606 bits per heavy atom. The average Bonchev–Trinajstić information content (AvgIpc) is 2.85. The van der Waals surface area contributed by atoms with E-state index in [9.17, 15) is 5.11 Å². The third-order valence-electron chi connectivity index (χ3n) is 6.60. The molecule has 5 rings (SSSR count). The molecule has 170 valence electrons. The molecule has 0 heterocycles. The van der Waals surface area contributed by atoms with Crippen molar-refractivity contribution in [2.45, 2.75) is 58.3 Å². The van der Waals surface area contributed by atoms with Crippen LogP contribution in [0.1, 0.15) is 57.4 Å². The van der Waals surface area contributed by atoms with Gasteiger partial charge in [-0.25, -0.2) is 0 Å². The molecule has 0 unspecified atom stereocenters. The van der Waals surface area contributed by atoms with Gasteiger partial charge in [0, 0.05) is 11.1 Å². The summed E-state index contributed by atoms with van der Waals surface area (Å²) in [6.45, 7) is 2.25. The van der Waals surface area contributed by atoms with Crippen LogP contribution >= 0.6 is 0 Å². The number of anilines is 1. The second kappa shape index (κ2) is 11.0. The van der Waals surface area contributed by atoms with Crippen molar-refractivity contribution in [1.29, 1.82) is 0 Å². The monoisotopic (exact) mass is 437 g/mol. The van der Waals surface area contributed by atoms with Crippen molar-refractivity contribution >= 4 is 38.0 Å². The van der Waals surface area contributed by atoms with Crippen molar-refractivity contribution in [1.82, 2.24) is 0 Å². The fraction of sp³-hybridized carbons (Fsp3) is 0.290. The number of nitrogens with two attached hydrogens (primary N) is 1. The molecule has 2 heteroatoms. The molecule has 0 amide bonds. The minimum Gasteiger partial charge on any atom is -0.508 e. The zero-order valence-corrected chi connectivity index (χ0v) is 19.7. The van der Waals surface area contributed by atoms with E-state index >= 15 is 0 Å². The largest absolute Gasteiger partial charge is 0.508 e. The summed E-state index contributed by atoms with van der Waals surface area (Å²) < 4.78 is 0. The van der Waals surface area contributed by atoms with Crippen LogP contribution in [0.2, 0.25) is 0 Å². The molecule has 3 N–H and O–H groups in total. The molecule has 0 aliphatic carbocycles. The number of hydrogen-bond donors (Lipinski definition) is 2. The standard InChI is InChI=1S/C16H11N.C15H24O/c17-14-9-7-12-5-4-10-2-1-3-11-6-8-13(14)16(12)15(10)11;1-2-3-4-5-6-7-8-11-14-12-9-10-13-15(14)16/h1-9H,17H2;9-10,12-13,16H,2-8,11H2,1H3. The number of unbranched alkanes of at least 4 members (excludes halogenated alkanes) is 6. The molecule has 0 atom stereocenters. The van der Waals surface area contributed by atoms with Crippen LogP contribution in [0.25, 0.3) is 32.3 Å². The topological polar surface area (TPSA) is 46.2 Å². The van der Waals surface area contributed by atoms with E-state index in [2.05, 4.69) is 55.5 Å². The van der Waals surface area contributed by atoms with Crippen LogP contribution in [-0.2, 0) is 6.42 Å². The number of aromatic hydroxyl groups is 1. The molecule has 0 aliphatic rings. The summed E-state index contributed by atoms with van der Waals surface area (Å²) in [5.74, 6) is 0.452. The molecule has 2 nitrogen and oxygen atoms in total. The fourth-order valence-corrected chi connectivity index (χ4v) is 4.75. The Labute approximate surface area is 197 Å². The lowest BCUT2D eigenvalue weighted by atomic mass is 9.94. The van der Waals surface area contributed by atoms with Gasteiger partial charge >= 0.3 is 0 Å². The van der Waals surface area contributed by atoms with Gasteiger partial charge < -0.3 is 10.8 Å². The quantitative estimate of drug-likeness (QED) is 0.145. The van der Waals surface area contributed by atoms with Crippen LogP contribution in [0.4, 0.5) is 5.69 Å². The summed E-state index contributed by atoms with van der Waals surface area (Å²) in [5, 5.41) is 17.2. The van der Waals surface area contributed by atoms with Crippen molar-refractivity contribution in [3.05, 3.63) is 84.4 Å². The number of hydrogen-bond acceptors (Lipinski definition) is 2. The Bertz CT molecular complexity index is 1290.